The summed E-state index contributed by atoms with van der Waals surface area (Å²) in [5.74, 6) is 0.858. The maximum absolute atomic E-state index is 12.3. The minimum Gasteiger partial charge on any atom is -0.493 e. The predicted molar refractivity (Wildman–Crippen MR) is 57.3 cm³/mol. The molecule has 0 aliphatic heterocycles. The van der Waals surface area contributed by atoms with Gasteiger partial charge in [-0.05, 0) is 24.1 Å². The molecule has 0 bridgehead atoms. The third-order valence-electron chi connectivity index (χ3n) is 2.32. The summed E-state index contributed by atoms with van der Waals surface area (Å²) in [7, 11) is 2.88. The van der Waals surface area contributed by atoms with Crippen LogP contribution in [-0.4, -0.2) is 26.4 Å². The molecule has 3 nitrogen and oxygen atoms in total. The Hall–Kier alpha value is -1.43. The number of rotatable bonds is 4. The maximum Gasteiger partial charge on any atom is 0.403 e. The molecule has 6 heteroatoms. The molecule has 17 heavy (non-hydrogen) atoms. The fourth-order valence-electron chi connectivity index (χ4n) is 1.38. The number of ether oxygens (including phenoxy) is 2. The van der Waals surface area contributed by atoms with Crippen molar-refractivity contribution in [1.82, 2.24) is 0 Å². The first kappa shape index (κ1) is 13.6. The molecule has 1 unspecified atom stereocenters. The quantitative estimate of drug-likeness (QED) is 0.889. The zero-order valence-corrected chi connectivity index (χ0v) is 9.54. The minimum atomic E-state index is -4.40. The van der Waals surface area contributed by atoms with E-state index in [1.54, 1.807) is 6.07 Å². The summed E-state index contributed by atoms with van der Waals surface area (Å²) in [4.78, 5) is 0. The highest BCUT2D eigenvalue weighted by atomic mass is 19.4. The second-order valence-corrected chi connectivity index (χ2v) is 3.54. The SMILES string of the molecule is COc1ccc(CC(N)C(F)(F)F)cc1OC. The first-order valence-corrected chi connectivity index (χ1v) is 4.91. The molecule has 1 aromatic rings. The van der Waals surface area contributed by atoms with Crippen molar-refractivity contribution in [3.05, 3.63) is 23.8 Å². The standard InChI is InChI=1S/C11H14F3NO2/c1-16-8-4-3-7(5-9(8)17-2)6-10(15)11(12,13)14/h3-5,10H,6,15H2,1-2H3. The molecular weight excluding hydrogens is 235 g/mol. The Kier molecular flexibility index (Phi) is 4.22. The smallest absolute Gasteiger partial charge is 0.403 e. The molecule has 0 radical (unpaired) electrons. The van der Waals surface area contributed by atoms with Crippen LogP contribution in [0.25, 0.3) is 0 Å². The van der Waals surface area contributed by atoms with E-state index < -0.39 is 12.2 Å². The molecule has 2 N–H and O–H groups in total. The zero-order valence-electron chi connectivity index (χ0n) is 9.54. The number of alkyl halides is 3. The van der Waals surface area contributed by atoms with Gasteiger partial charge in [0.25, 0.3) is 0 Å². The molecule has 0 saturated heterocycles. The Balaban J connectivity index is 2.86. The van der Waals surface area contributed by atoms with Crippen LogP contribution in [0.2, 0.25) is 0 Å². The van der Waals surface area contributed by atoms with Crippen LogP contribution in [0.4, 0.5) is 13.2 Å². The van der Waals surface area contributed by atoms with E-state index in [4.69, 9.17) is 15.2 Å². The number of hydrogen-bond donors (Lipinski definition) is 1. The molecule has 1 rings (SSSR count). The lowest BCUT2D eigenvalue weighted by molar-refractivity contribution is -0.147. The van der Waals surface area contributed by atoms with Crippen molar-refractivity contribution in [3.8, 4) is 11.5 Å². The van der Waals surface area contributed by atoms with Gasteiger partial charge in [-0.2, -0.15) is 13.2 Å². The van der Waals surface area contributed by atoms with Crippen LogP contribution in [0.3, 0.4) is 0 Å². The van der Waals surface area contributed by atoms with E-state index in [-0.39, 0.29) is 6.42 Å². The van der Waals surface area contributed by atoms with Gasteiger partial charge in [-0.1, -0.05) is 6.07 Å². The second kappa shape index (κ2) is 5.27. The monoisotopic (exact) mass is 249 g/mol. The van der Waals surface area contributed by atoms with Crippen LogP contribution >= 0.6 is 0 Å². The summed E-state index contributed by atoms with van der Waals surface area (Å²) in [6.45, 7) is 0. The predicted octanol–water partition coefficient (Wildman–Crippen LogP) is 2.14. The van der Waals surface area contributed by atoms with Gasteiger partial charge in [0.2, 0.25) is 0 Å². The number of benzene rings is 1. The van der Waals surface area contributed by atoms with E-state index in [1.165, 1.54) is 26.4 Å². The normalized spacial score (nSPS) is 13.3. The summed E-state index contributed by atoms with van der Waals surface area (Å²) >= 11 is 0. The Labute approximate surface area is 97.3 Å². The highest BCUT2D eigenvalue weighted by Crippen LogP contribution is 2.29. The third kappa shape index (κ3) is 3.52. The Morgan fingerprint density at radius 2 is 1.76 bits per heavy atom. The summed E-state index contributed by atoms with van der Waals surface area (Å²) in [5.41, 5.74) is 5.50. The number of halogens is 3. The summed E-state index contributed by atoms with van der Waals surface area (Å²) in [6, 6.07) is 2.70. The van der Waals surface area contributed by atoms with Crippen molar-refractivity contribution in [3.63, 3.8) is 0 Å². The van der Waals surface area contributed by atoms with Gasteiger partial charge in [0.1, 0.15) is 6.04 Å². The van der Waals surface area contributed by atoms with Gasteiger partial charge >= 0.3 is 6.18 Å². The lowest BCUT2D eigenvalue weighted by Gasteiger charge is -2.16. The van der Waals surface area contributed by atoms with Gasteiger partial charge in [-0.15, -0.1) is 0 Å². The molecule has 0 aliphatic rings. The second-order valence-electron chi connectivity index (χ2n) is 3.54. The molecule has 0 amide bonds. The molecule has 1 atom stereocenters. The van der Waals surface area contributed by atoms with Crippen LogP contribution in [0, 0.1) is 0 Å². The van der Waals surface area contributed by atoms with E-state index in [0.717, 1.165) is 0 Å². The fraction of sp³-hybridized carbons (Fsp3) is 0.455. The van der Waals surface area contributed by atoms with Crippen molar-refractivity contribution < 1.29 is 22.6 Å². The number of hydrogen-bond acceptors (Lipinski definition) is 3. The summed E-state index contributed by atoms with van der Waals surface area (Å²) < 4.78 is 46.8. The highest BCUT2D eigenvalue weighted by Gasteiger charge is 2.36. The van der Waals surface area contributed by atoms with E-state index in [1.807, 2.05) is 0 Å². The van der Waals surface area contributed by atoms with E-state index in [2.05, 4.69) is 0 Å². The van der Waals surface area contributed by atoms with Crippen molar-refractivity contribution >= 4 is 0 Å². The van der Waals surface area contributed by atoms with Crippen molar-refractivity contribution in [2.24, 2.45) is 5.73 Å². The number of nitrogens with two attached hydrogens (primary N) is 1. The lowest BCUT2D eigenvalue weighted by atomic mass is 10.1. The average molecular weight is 249 g/mol. The van der Waals surface area contributed by atoms with Gasteiger partial charge < -0.3 is 15.2 Å². The van der Waals surface area contributed by atoms with Crippen LogP contribution in [-0.2, 0) is 6.42 Å². The Morgan fingerprint density at radius 1 is 1.18 bits per heavy atom. The summed E-state index contributed by atoms with van der Waals surface area (Å²) in [6.07, 6.45) is -4.68. The third-order valence-corrected chi connectivity index (χ3v) is 2.32. The van der Waals surface area contributed by atoms with Crippen LogP contribution < -0.4 is 15.2 Å². The van der Waals surface area contributed by atoms with E-state index in [0.29, 0.717) is 17.1 Å². The van der Waals surface area contributed by atoms with E-state index in [9.17, 15) is 13.2 Å². The van der Waals surface area contributed by atoms with Crippen molar-refractivity contribution in [1.29, 1.82) is 0 Å². The first-order chi connectivity index (χ1) is 7.88. The molecule has 0 aliphatic carbocycles. The molecular formula is C11H14F3NO2. The molecule has 0 heterocycles. The molecule has 0 aromatic heterocycles. The molecule has 1 aromatic carbocycles. The van der Waals surface area contributed by atoms with Gasteiger partial charge in [0.05, 0.1) is 14.2 Å². The Morgan fingerprint density at radius 3 is 2.24 bits per heavy atom. The van der Waals surface area contributed by atoms with Crippen LogP contribution in [0.1, 0.15) is 5.56 Å². The van der Waals surface area contributed by atoms with Gasteiger partial charge in [0, 0.05) is 0 Å². The summed E-state index contributed by atoms with van der Waals surface area (Å²) in [5, 5.41) is 0. The minimum absolute atomic E-state index is 0.288. The van der Waals surface area contributed by atoms with Crippen LogP contribution in [0.5, 0.6) is 11.5 Å². The molecule has 96 valence electrons. The van der Waals surface area contributed by atoms with E-state index >= 15 is 0 Å². The fourth-order valence-corrected chi connectivity index (χ4v) is 1.38. The van der Waals surface area contributed by atoms with Gasteiger partial charge in [0.15, 0.2) is 11.5 Å². The maximum atomic E-state index is 12.3. The zero-order chi connectivity index (χ0) is 13.1. The van der Waals surface area contributed by atoms with Gasteiger partial charge in [-0.3, -0.25) is 0 Å². The lowest BCUT2D eigenvalue weighted by Crippen LogP contribution is -2.39. The average Bonchev–Trinajstić information content (AvgIpc) is 2.27. The molecule has 0 spiro atoms. The molecule has 0 saturated carbocycles. The number of methoxy groups -OCH3 is 2. The largest absolute Gasteiger partial charge is 0.493 e. The van der Waals surface area contributed by atoms with Crippen molar-refractivity contribution in [2.45, 2.75) is 18.6 Å². The highest BCUT2D eigenvalue weighted by molar-refractivity contribution is 5.43. The Bertz CT molecular complexity index is 379. The van der Waals surface area contributed by atoms with Gasteiger partial charge in [-0.25, -0.2) is 0 Å². The first-order valence-electron chi connectivity index (χ1n) is 4.91. The molecule has 0 fully saturated rings. The van der Waals surface area contributed by atoms with Crippen molar-refractivity contribution in [2.75, 3.05) is 14.2 Å². The van der Waals surface area contributed by atoms with Crippen LogP contribution in [0.15, 0.2) is 18.2 Å². The topological polar surface area (TPSA) is 44.5 Å².